The average Bonchev–Trinajstić information content (AvgIpc) is 3.37. The van der Waals surface area contributed by atoms with Gasteiger partial charge in [0.2, 0.25) is 0 Å². The molecule has 29 heavy (non-hydrogen) atoms. The van der Waals surface area contributed by atoms with Gasteiger partial charge in [0.05, 0.1) is 22.6 Å². The SMILES string of the molecule is Cc1nn(-c2ccccc2)c(C)c1C(=O)N1CCN(S(=O)(=O)c2cccs2)CC1. The lowest BCUT2D eigenvalue weighted by Crippen LogP contribution is -2.50. The Labute approximate surface area is 174 Å². The fourth-order valence-corrected chi connectivity index (χ4v) is 6.17. The molecular formula is C20H22N4O3S2. The van der Waals surface area contributed by atoms with Crippen LogP contribution in [0.4, 0.5) is 0 Å². The van der Waals surface area contributed by atoms with Crippen LogP contribution < -0.4 is 0 Å². The largest absolute Gasteiger partial charge is 0.336 e. The first kappa shape index (κ1) is 19.8. The van der Waals surface area contributed by atoms with Gasteiger partial charge in [-0.25, -0.2) is 13.1 Å². The molecule has 0 spiro atoms. The molecule has 4 rings (SSSR count). The number of carbonyl (C=O) groups excluding carboxylic acids is 1. The minimum atomic E-state index is -3.48. The summed E-state index contributed by atoms with van der Waals surface area (Å²) >= 11 is 1.21. The summed E-state index contributed by atoms with van der Waals surface area (Å²) in [4.78, 5) is 14.9. The molecular weight excluding hydrogens is 408 g/mol. The normalized spacial score (nSPS) is 15.6. The van der Waals surface area contributed by atoms with Gasteiger partial charge in [0.25, 0.3) is 15.9 Å². The molecule has 0 aliphatic carbocycles. The fraction of sp³-hybridized carbons (Fsp3) is 0.300. The van der Waals surface area contributed by atoms with E-state index in [-0.39, 0.29) is 19.0 Å². The predicted molar refractivity (Wildman–Crippen MR) is 112 cm³/mol. The Hall–Kier alpha value is -2.49. The topological polar surface area (TPSA) is 75.5 Å². The molecule has 7 nitrogen and oxygen atoms in total. The molecule has 0 unspecified atom stereocenters. The van der Waals surface area contributed by atoms with Crippen molar-refractivity contribution in [1.29, 1.82) is 0 Å². The third kappa shape index (κ3) is 3.61. The van der Waals surface area contributed by atoms with Crippen molar-refractivity contribution >= 4 is 27.3 Å². The third-order valence-corrected chi connectivity index (χ3v) is 8.39. The molecule has 1 fully saturated rings. The van der Waals surface area contributed by atoms with Crippen molar-refractivity contribution in [2.75, 3.05) is 26.2 Å². The van der Waals surface area contributed by atoms with Crippen molar-refractivity contribution in [2.24, 2.45) is 0 Å². The highest BCUT2D eigenvalue weighted by Gasteiger charge is 2.32. The third-order valence-electron chi connectivity index (χ3n) is 5.12. The van der Waals surface area contributed by atoms with Crippen LogP contribution in [0.2, 0.25) is 0 Å². The van der Waals surface area contributed by atoms with E-state index in [1.165, 1.54) is 15.6 Å². The lowest BCUT2D eigenvalue weighted by molar-refractivity contribution is 0.0696. The van der Waals surface area contributed by atoms with Crippen LogP contribution in [-0.4, -0.2) is 59.5 Å². The zero-order chi connectivity index (χ0) is 20.6. The van der Waals surface area contributed by atoms with Gasteiger partial charge < -0.3 is 4.90 Å². The van der Waals surface area contributed by atoms with Crippen molar-refractivity contribution in [2.45, 2.75) is 18.1 Å². The van der Waals surface area contributed by atoms with Crippen LogP contribution in [0.25, 0.3) is 5.69 Å². The van der Waals surface area contributed by atoms with Gasteiger partial charge in [-0.3, -0.25) is 4.79 Å². The molecule has 0 N–H and O–H groups in total. The average molecular weight is 431 g/mol. The molecule has 9 heteroatoms. The Morgan fingerprint density at radius 2 is 1.69 bits per heavy atom. The highest BCUT2D eigenvalue weighted by molar-refractivity contribution is 7.91. The van der Waals surface area contributed by atoms with Crippen LogP contribution in [0.3, 0.4) is 0 Å². The Morgan fingerprint density at radius 3 is 2.31 bits per heavy atom. The van der Waals surface area contributed by atoms with E-state index in [1.54, 1.807) is 27.1 Å². The first-order chi connectivity index (χ1) is 13.9. The van der Waals surface area contributed by atoms with E-state index < -0.39 is 10.0 Å². The molecule has 1 amide bonds. The van der Waals surface area contributed by atoms with Crippen LogP contribution in [0.1, 0.15) is 21.7 Å². The number of piperazine rings is 1. The van der Waals surface area contributed by atoms with Crippen molar-refractivity contribution in [1.82, 2.24) is 19.0 Å². The molecule has 1 aliphatic rings. The molecule has 0 saturated carbocycles. The van der Waals surface area contributed by atoms with E-state index in [9.17, 15) is 13.2 Å². The molecule has 0 atom stereocenters. The summed E-state index contributed by atoms with van der Waals surface area (Å²) in [5, 5.41) is 6.30. The second-order valence-electron chi connectivity index (χ2n) is 6.92. The number of sulfonamides is 1. The van der Waals surface area contributed by atoms with Crippen molar-refractivity contribution < 1.29 is 13.2 Å². The van der Waals surface area contributed by atoms with Gasteiger partial charge in [-0.15, -0.1) is 11.3 Å². The van der Waals surface area contributed by atoms with Gasteiger partial charge in [-0.05, 0) is 37.4 Å². The first-order valence-corrected chi connectivity index (χ1v) is 11.7. The van der Waals surface area contributed by atoms with Crippen molar-refractivity contribution in [3.05, 3.63) is 64.8 Å². The number of rotatable bonds is 4. The summed E-state index contributed by atoms with van der Waals surface area (Å²) in [7, 11) is -3.48. The van der Waals surface area contributed by atoms with Crippen LogP contribution >= 0.6 is 11.3 Å². The number of nitrogens with zero attached hydrogens (tertiary/aromatic N) is 4. The van der Waals surface area contributed by atoms with Crippen LogP contribution in [0.15, 0.2) is 52.1 Å². The van der Waals surface area contributed by atoms with Crippen molar-refractivity contribution in [3.8, 4) is 5.69 Å². The van der Waals surface area contributed by atoms with Gasteiger partial charge >= 0.3 is 0 Å². The van der Waals surface area contributed by atoms with Gasteiger partial charge in [-0.1, -0.05) is 24.3 Å². The zero-order valence-corrected chi connectivity index (χ0v) is 17.9. The summed E-state index contributed by atoms with van der Waals surface area (Å²) < 4.78 is 28.9. The number of benzene rings is 1. The number of thiophene rings is 1. The molecule has 3 heterocycles. The standard InChI is InChI=1S/C20H22N4O3S2/c1-15-19(16(2)24(21-15)17-7-4-3-5-8-17)20(25)22-10-12-23(13-11-22)29(26,27)18-9-6-14-28-18/h3-9,14H,10-13H2,1-2H3. The first-order valence-electron chi connectivity index (χ1n) is 9.34. The molecule has 0 bridgehead atoms. The second kappa shape index (κ2) is 7.74. The van der Waals surface area contributed by atoms with Gasteiger partial charge in [0, 0.05) is 26.2 Å². The monoisotopic (exact) mass is 430 g/mol. The molecule has 1 saturated heterocycles. The predicted octanol–water partition coefficient (Wildman–Crippen LogP) is 2.70. The minimum absolute atomic E-state index is 0.102. The van der Waals surface area contributed by atoms with E-state index in [0.29, 0.717) is 28.6 Å². The maximum absolute atomic E-state index is 13.2. The minimum Gasteiger partial charge on any atom is -0.336 e. The summed E-state index contributed by atoms with van der Waals surface area (Å²) in [5.74, 6) is -0.102. The fourth-order valence-electron chi connectivity index (χ4n) is 3.60. The number of aromatic nitrogens is 2. The van der Waals surface area contributed by atoms with Crippen LogP contribution in [-0.2, 0) is 10.0 Å². The lowest BCUT2D eigenvalue weighted by Gasteiger charge is -2.33. The maximum atomic E-state index is 13.2. The molecule has 1 aromatic carbocycles. The van der Waals surface area contributed by atoms with Crippen LogP contribution in [0.5, 0.6) is 0 Å². The van der Waals surface area contributed by atoms with Gasteiger partial charge in [-0.2, -0.15) is 9.40 Å². The smallest absolute Gasteiger partial charge is 0.257 e. The van der Waals surface area contributed by atoms with E-state index in [4.69, 9.17) is 0 Å². The van der Waals surface area contributed by atoms with Gasteiger partial charge in [0.15, 0.2) is 0 Å². The van der Waals surface area contributed by atoms with E-state index in [0.717, 1.165) is 11.4 Å². The molecule has 152 valence electrons. The Bertz CT molecular complexity index is 1110. The highest BCUT2D eigenvalue weighted by atomic mass is 32.2. The lowest BCUT2D eigenvalue weighted by atomic mass is 10.1. The molecule has 1 aliphatic heterocycles. The summed E-state index contributed by atoms with van der Waals surface area (Å²) in [6, 6.07) is 13.0. The summed E-state index contributed by atoms with van der Waals surface area (Å²) in [5.41, 5.74) is 2.94. The van der Waals surface area contributed by atoms with E-state index in [2.05, 4.69) is 5.10 Å². The Balaban J connectivity index is 1.52. The number of hydrogen-bond acceptors (Lipinski definition) is 5. The van der Waals surface area contributed by atoms with E-state index in [1.807, 2.05) is 44.2 Å². The second-order valence-corrected chi connectivity index (χ2v) is 10.0. The Morgan fingerprint density at radius 1 is 1.00 bits per heavy atom. The number of hydrogen-bond donors (Lipinski definition) is 0. The zero-order valence-electron chi connectivity index (χ0n) is 16.3. The van der Waals surface area contributed by atoms with Crippen LogP contribution in [0, 0.1) is 13.8 Å². The molecule has 2 aromatic heterocycles. The Kier molecular flexibility index (Phi) is 5.28. The van der Waals surface area contributed by atoms with Crippen molar-refractivity contribution in [3.63, 3.8) is 0 Å². The summed E-state index contributed by atoms with van der Waals surface area (Å²) in [6.07, 6.45) is 0. The molecule has 3 aromatic rings. The number of carbonyl (C=O) groups is 1. The number of para-hydroxylation sites is 1. The number of amides is 1. The highest BCUT2D eigenvalue weighted by Crippen LogP contribution is 2.24. The number of aryl methyl sites for hydroxylation is 1. The maximum Gasteiger partial charge on any atom is 0.257 e. The van der Waals surface area contributed by atoms with E-state index >= 15 is 0 Å². The van der Waals surface area contributed by atoms with Gasteiger partial charge in [0.1, 0.15) is 4.21 Å². The molecule has 0 radical (unpaired) electrons. The summed E-state index contributed by atoms with van der Waals surface area (Å²) in [6.45, 7) is 5.01. The quantitative estimate of drug-likeness (QED) is 0.638.